The molecule has 4 rings (SSSR count). The summed E-state index contributed by atoms with van der Waals surface area (Å²) in [6.45, 7) is 9.53. The first kappa shape index (κ1) is 27.8. The highest BCUT2D eigenvalue weighted by Gasteiger charge is 2.15. The van der Waals surface area contributed by atoms with Gasteiger partial charge in [0.05, 0.1) is 18.1 Å². The number of carbonyl (C=O) groups excluding carboxylic acids is 1. The van der Waals surface area contributed by atoms with Crippen molar-refractivity contribution in [3.63, 3.8) is 0 Å². The number of aromatic nitrogens is 2. The lowest BCUT2D eigenvalue weighted by molar-refractivity contribution is 0.147. The number of guanidine groups is 1. The number of urea groups is 1. The van der Waals surface area contributed by atoms with Crippen molar-refractivity contribution in [1.29, 1.82) is 0 Å². The van der Waals surface area contributed by atoms with Crippen molar-refractivity contribution in [2.24, 2.45) is 9.98 Å². The molecule has 11 nitrogen and oxygen atoms in total. The summed E-state index contributed by atoms with van der Waals surface area (Å²) in [5, 5.41) is 23.2. The first-order chi connectivity index (χ1) is 18.8. The summed E-state index contributed by atoms with van der Waals surface area (Å²) in [4.78, 5) is 25.8. The molecule has 1 aromatic heterocycles. The van der Waals surface area contributed by atoms with Crippen LogP contribution in [-0.2, 0) is 0 Å². The van der Waals surface area contributed by atoms with Gasteiger partial charge in [-0.2, -0.15) is 10.1 Å². The van der Waals surface area contributed by atoms with Crippen LogP contribution in [0.25, 0.3) is 0 Å². The largest absolute Gasteiger partial charge is 0.369 e. The van der Waals surface area contributed by atoms with Crippen molar-refractivity contribution >= 4 is 46.5 Å². The van der Waals surface area contributed by atoms with Crippen molar-refractivity contribution < 1.29 is 9.90 Å². The van der Waals surface area contributed by atoms with E-state index in [0.29, 0.717) is 28.1 Å². The van der Waals surface area contributed by atoms with Crippen molar-refractivity contribution in [2.45, 2.75) is 13.2 Å². The molecule has 0 saturated carbocycles. The molecule has 2 heterocycles. The maximum Gasteiger partial charge on any atom is 0.321 e. The summed E-state index contributed by atoms with van der Waals surface area (Å²) in [5.74, 6) is 0.840. The van der Waals surface area contributed by atoms with Gasteiger partial charge >= 0.3 is 6.03 Å². The minimum absolute atomic E-state index is 0.335. The maximum absolute atomic E-state index is 12.3. The number of piperazine rings is 1. The Hall–Kier alpha value is -4.19. The van der Waals surface area contributed by atoms with E-state index in [2.05, 4.69) is 66.6 Å². The first-order valence-corrected chi connectivity index (χ1v) is 12.8. The highest BCUT2D eigenvalue weighted by molar-refractivity contribution is 6.30. The van der Waals surface area contributed by atoms with Crippen LogP contribution >= 0.6 is 11.6 Å². The van der Waals surface area contributed by atoms with Crippen molar-refractivity contribution in [1.82, 2.24) is 20.0 Å². The van der Waals surface area contributed by atoms with Gasteiger partial charge in [0, 0.05) is 54.3 Å². The number of aliphatic imine (C=N–C) groups is 2. The number of hydrogen-bond acceptors (Lipinski definition) is 6. The molecule has 0 aliphatic carbocycles. The third-order valence-electron chi connectivity index (χ3n) is 6.08. The number of carbonyl (C=O) groups is 1. The summed E-state index contributed by atoms with van der Waals surface area (Å²) in [6, 6.07) is 14.1. The van der Waals surface area contributed by atoms with Gasteiger partial charge in [-0.3, -0.25) is 0 Å². The molecular weight excluding hydrogens is 518 g/mol. The van der Waals surface area contributed by atoms with Crippen LogP contribution in [0.3, 0.4) is 0 Å². The van der Waals surface area contributed by atoms with E-state index in [1.165, 1.54) is 22.8 Å². The Labute approximate surface area is 232 Å². The molecule has 0 radical (unpaired) electrons. The van der Waals surface area contributed by atoms with Gasteiger partial charge in [-0.25, -0.2) is 14.5 Å². The number of likely N-dealkylation sites (N-methyl/N-ethyl adjacent to an activating group) is 1. The number of rotatable bonds is 6. The zero-order valence-corrected chi connectivity index (χ0v) is 22.6. The van der Waals surface area contributed by atoms with Crippen molar-refractivity contribution in [3.8, 4) is 0 Å². The summed E-state index contributed by atoms with van der Waals surface area (Å²) in [5.41, 5.74) is 2.89. The van der Waals surface area contributed by atoms with Crippen LogP contribution in [0.1, 0.15) is 18.7 Å². The molecule has 0 bridgehead atoms. The molecule has 0 unspecified atom stereocenters. The second-order valence-electron chi connectivity index (χ2n) is 8.99. The number of benzene rings is 2. The normalized spacial score (nSPS) is 15.5. The second-order valence-corrected chi connectivity index (χ2v) is 9.42. The number of hydrogen-bond donors (Lipinski definition) is 4. The summed E-state index contributed by atoms with van der Waals surface area (Å²) >= 11 is 5.95. The van der Waals surface area contributed by atoms with Gasteiger partial charge in [0.2, 0.25) is 5.96 Å². The third kappa shape index (κ3) is 7.90. The molecule has 204 valence electrons. The van der Waals surface area contributed by atoms with E-state index in [-0.39, 0.29) is 0 Å². The molecule has 1 aliphatic rings. The Kier molecular flexibility index (Phi) is 9.31. The predicted octanol–water partition coefficient (Wildman–Crippen LogP) is 3.98. The molecule has 39 heavy (non-hydrogen) atoms. The Morgan fingerprint density at radius 1 is 1.13 bits per heavy atom. The lowest BCUT2D eigenvalue weighted by Gasteiger charge is -2.34. The van der Waals surface area contributed by atoms with Crippen molar-refractivity contribution in [2.75, 3.05) is 48.8 Å². The molecular formula is C27H32ClN9O2. The van der Waals surface area contributed by atoms with Gasteiger partial charge in [-0.05, 0) is 50.4 Å². The van der Waals surface area contributed by atoms with Gasteiger partial charge < -0.3 is 30.9 Å². The van der Waals surface area contributed by atoms with Gasteiger partial charge in [0.1, 0.15) is 5.84 Å². The number of halogens is 1. The molecule has 4 N–H and O–H groups in total. The van der Waals surface area contributed by atoms with Crippen LogP contribution in [0.4, 0.5) is 21.9 Å². The minimum Gasteiger partial charge on any atom is -0.369 e. The van der Waals surface area contributed by atoms with Gasteiger partial charge in [0.25, 0.3) is 0 Å². The Bertz CT molecular complexity index is 1350. The Morgan fingerprint density at radius 2 is 1.87 bits per heavy atom. The number of aliphatic hydroxyl groups excluding tert-OH is 1. The monoisotopic (exact) mass is 549 g/mol. The molecule has 1 fully saturated rings. The molecule has 3 aromatic rings. The molecule has 1 saturated heterocycles. The fraction of sp³-hybridized carbons (Fsp3) is 0.259. The molecule has 1 atom stereocenters. The Balaban J connectivity index is 1.36. The molecule has 12 heteroatoms. The van der Waals surface area contributed by atoms with Crippen molar-refractivity contribution in [3.05, 3.63) is 84.3 Å². The van der Waals surface area contributed by atoms with Crippen LogP contribution in [0.5, 0.6) is 0 Å². The lowest BCUT2D eigenvalue weighted by atomic mass is 10.2. The number of amides is 2. The second kappa shape index (κ2) is 13.1. The van der Waals surface area contributed by atoms with E-state index >= 15 is 0 Å². The number of aliphatic hydroxyl groups is 1. The standard InChI is InChI=1S/C27H32ClN9O2/c1-4-29-26(32-22-8-10-24(11-9-22)36-14-12-35(3)13-15-36)31-19(2)37-18-23(17-30-37)33-27(39)34-25(38)20-6-5-7-21(28)16-20/h4-11,16-18,25,38H,1,12-15H2,2-3H3,(H,29,32)(H2,33,34,39)/t25-/m1/s1. The average Bonchev–Trinajstić information content (AvgIpc) is 3.38. The lowest BCUT2D eigenvalue weighted by Crippen LogP contribution is -2.44. The summed E-state index contributed by atoms with van der Waals surface area (Å²) in [6.07, 6.45) is 3.25. The fourth-order valence-electron chi connectivity index (χ4n) is 3.95. The highest BCUT2D eigenvalue weighted by Crippen LogP contribution is 2.20. The summed E-state index contributed by atoms with van der Waals surface area (Å²) < 4.78 is 1.50. The van der Waals surface area contributed by atoms with E-state index < -0.39 is 12.3 Å². The predicted molar refractivity (Wildman–Crippen MR) is 157 cm³/mol. The third-order valence-corrected chi connectivity index (χ3v) is 6.31. The smallest absolute Gasteiger partial charge is 0.321 e. The number of anilines is 3. The van der Waals surface area contributed by atoms with Gasteiger partial charge in [-0.1, -0.05) is 30.3 Å². The summed E-state index contributed by atoms with van der Waals surface area (Å²) in [7, 11) is 2.14. The van der Waals surface area contributed by atoms with E-state index in [1.54, 1.807) is 37.4 Å². The van der Waals surface area contributed by atoms with E-state index in [1.807, 2.05) is 12.1 Å². The first-order valence-electron chi connectivity index (χ1n) is 12.4. The van der Waals surface area contributed by atoms with Crippen LogP contribution in [0.15, 0.2) is 83.7 Å². The topological polar surface area (TPSA) is 122 Å². The van der Waals surface area contributed by atoms with E-state index in [9.17, 15) is 9.90 Å². The van der Waals surface area contributed by atoms with Crippen LogP contribution < -0.4 is 20.9 Å². The SMILES string of the molecule is C=CN=C(N=C(C)n1cc(NC(=O)N[C@H](O)c2cccc(Cl)c2)cn1)Nc1ccc(N2CCN(C)CC2)cc1. The van der Waals surface area contributed by atoms with Crippen LogP contribution in [-0.4, -0.2) is 70.8 Å². The fourth-order valence-corrected chi connectivity index (χ4v) is 4.14. The van der Waals surface area contributed by atoms with E-state index in [4.69, 9.17) is 11.6 Å². The average molecular weight is 550 g/mol. The molecule has 0 spiro atoms. The van der Waals surface area contributed by atoms with Gasteiger partial charge in [0.15, 0.2) is 6.23 Å². The highest BCUT2D eigenvalue weighted by atomic mass is 35.5. The van der Waals surface area contributed by atoms with Crippen LogP contribution in [0, 0.1) is 0 Å². The molecule has 2 aromatic carbocycles. The van der Waals surface area contributed by atoms with Crippen LogP contribution in [0.2, 0.25) is 5.02 Å². The zero-order valence-electron chi connectivity index (χ0n) is 21.9. The Morgan fingerprint density at radius 3 is 2.56 bits per heavy atom. The minimum atomic E-state index is -1.22. The van der Waals surface area contributed by atoms with E-state index in [0.717, 1.165) is 31.9 Å². The number of nitrogens with one attached hydrogen (secondary N) is 3. The number of nitrogens with zero attached hydrogens (tertiary/aromatic N) is 6. The molecule has 2 amide bonds. The zero-order chi connectivity index (χ0) is 27.8. The van der Waals surface area contributed by atoms with Gasteiger partial charge in [-0.15, -0.1) is 0 Å². The quantitative estimate of drug-likeness (QED) is 0.210. The maximum atomic E-state index is 12.3. The molecule has 1 aliphatic heterocycles.